The molecule has 0 saturated heterocycles. The lowest BCUT2D eigenvalue weighted by atomic mass is 9.72. The number of hydrogen-bond donors (Lipinski definition) is 0. The van der Waals surface area contributed by atoms with Crippen LogP contribution < -0.4 is 0 Å². The van der Waals surface area contributed by atoms with Crippen molar-refractivity contribution >= 4 is 12.1 Å². The van der Waals surface area contributed by atoms with Crippen LogP contribution in [0.5, 0.6) is 0 Å². The van der Waals surface area contributed by atoms with Gasteiger partial charge in [0, 0.05) is 34.6 Å². The van der Waals surface area contributed by atoms with Crippen LogP contribution in [-0.2, 0) is 24.8 Å². The first kappa shape index (κ1) is 26.3. The molecule has 0 amide bonds. The SMILES string of the molecule is CCC1(CC)c2cc3c(cc2-c2c(CN=C(N=Cc4ccccc4)c4ccccc4)cccc21)CCc1ncccc1-3. The molecule has 0 atom stereocenters. The maximum atomic E-state index is 5.16. The van der Waals surface area contributed by atoms with Crippen molar-refractivity contribution in [1.82, 2.24) is 4.98 Å². The Morgan fingerprint density at radius 1 is 0.762 bits per heavy atom. The normalized spacial score (nSPS) is 14.8. The van der Waals surface area contributed by atoms with Crippen molar-refractivity contribution in [3.63, 3.8) is 0 Å². The van der Waals surface area contributed by atoms with Gasteiger partial charge in [-0.15, -0.1) is 0 Å². The first-order chi connectivity index (χ1) is 20.7. The summed E-state index contributed by atoms with van der Waals surface area (Å²) in [5, 5.41) is 0. The van der Waals surface area contributed by atoms with E-state index in [2.05, 4.69) is 80.6 Å². The summed E-state index contributed by atoms with van der Waals surface area (Å²) in [4.78, 5) is 14.7. The van der Waals surface area contributed by atoms with E-state index in [0.717, 1.165) is 42.6 Å². The minimum absolute atomic E-state index is 0.00698. The lowest BCUT2D eigenvalue weighted by Crippen LogP contribution is -2.23. The molecule has 206 valence electrons. The second-order valence-corrected chi connectivity index (χ2v) is 11.4. The van der Waals surface area contributed by atoms with E-state index in [1.807, 2.05) is 48.8 Å². The molecule has 0 unspecified atom stereocenters. The lowest BCUT2D eigenvalue weighted by Gasteiger charge is -2.31. The van der Waals surface area contributed by atoms with Crippen molar-refractivity contribution in [3.05, 3.63) is 148 Å². The predicted octanol–water partition coefficient (Wildman–Crippen LogP) is 9.00. The number of fused-ring (bicyclic) bond motifs is 6. The van der Waals surface area contributed by atoms with E-state index in [0.29, 0.717) is 6.54 Å². The molecule has 2 aliphatic rings. The predicted molar refractivity (Wildman–Crippen MR) is 175 cm³/mol. The molecule has 0 fully saturated rings. The Morgan fingerprint density at radius 2 is 1.55 bits per heavy atom. The first-order valence-electron chi connectivity index (χ1n) is 15.1. The van der Waals surface area contributed by atoms with E-state index >= 15 is 0 Å². The number of amidine groups is 1. The van der Waals surface area contributed by atoms with E-state index in [-0.39, 0.29) is 5.41 Å². The number of rotatable bonds is 6. The maximum absolute atomic E-state index is 5.16. The molecule has 1 heterocycles. The Balaban J connectivity index is 1.35. The number of pyridine rings is 1. The van der Waals surface area contributed by atoms with Crippen LogP contribution in [0.4, 0.5) is 0 Å². The molecule has 0 spiro atoms. The van der Waals surface area contributed by atoms with Gasteiger partial charge in [-0.25, -0.2) is 4.99 Å². The van der Waals surface area contributed by atoms with Gasteiger partial charge in [-0.3, -0.25) is 9.98 Å². The smallest absolute Gasteiger partial charge is 0.154 e. The van der Waals surface area contributed by atoms with E-state index in [4.69, 9.17) is 15.0 Å². The highest BCUT2D eigenvalue weighted by atomic mass is 14.9. The van der Waals surface area contributed by atoms with Gasteiger partial charge in [-0.2, -0.15) is 0 Å². The zero-order valence-corrected chi connectivity index (χ0v) is 24.3. The monoisotopic (exact) mass is 545 g/mol. The van der Waals surface area contributed by atoms with Crippen LogP contribution in [-0.4, -0.2) is 17.0 Å². The summed E-state index contributed by atoms with van der Waals surface area (Å²) in [7, 11) is 0. The average Bonchev–Trinajstić information content (AvgIpc) is 3.34. The van der Waals surface area contributed by atoms with E-state index in [1.54, 1.807) is 0 Å². The molecule has 1 aromatic heterocycles. The Hall–Kier alpha value is -4.63. The Morgan fingerprint density at radius 3 is 2.33 bits per heavy atom. The van der Waals surface area contributed by atoms with Crippen LogP contribution in [0, 0.1) is 0 Å². The number of aliphatic imine (C=N–C) groups is 2. The third kappa shape index (κ3) is 4.41. The molecule has 4 aromatic carbocycles. The molecule has 0 radical (unpaired) electrons. The molecule has 0 N–H and O–H groups in total. The first-order valence-corrected chi connectivity index (χ1v) is 15.1. The second kappa shape index (κ2) is 11.0. The van der Waals surface area contributed by atoms with Crippen LogP contribution in [0.15, 0.2) is 119 Å². The zero-order chi connectivity index (χ0) is 28.5. The summed E-state index contributed by atoms with van der Waals surface area (Å²) in [5.41, 5.74) is 14.3. The van der Waals surface area contributed by atoms with Gasteiger partial charge in [0.15, 0.2) is 5.84 Å². The van der Waals surface area contributed by atoms with Crippen LogP contribution in [0.1, 0.15) is 65.8 Å². The molecular formula is C39H35N3. The summed E-state index contributed by atoms with van der Waals surface area (Å²) >= 11 is 0. The van der Waals surface area contributed by atoms with Crippen LogP contribution in [0.3, 0.4) is 0 Å². The quantitative estimate of drug-likeness (QED) is 0.155. The maximum Gasteiger partial charge on any atom is 0.154 e. The van der Waals surface area contributed by atoms with Gasteiger partial charge < -0.3 is 0 Å². The molecule has 7 rings (SSSR count). The molecule has 2 aliphatic carbocycles. The topological polar surface area (TPSA) is 37.6 Å². The van der Waals surface area contributed by atoms with Crippen molar-refractivity contribution < 1.29 is 0 Å². The van der Waals surface area contributed by atoms with Crippen molar-refractivity contribution in [3.8, 4) is 22.3 Å². The Bertz CT molecular complexity index is 1810. The number of nitrogens with zero attached hydrogens (tertiary/aromatic N) is 3. The highest BCUT2D eigenvalue weighted by Crippen LogP contribution is 2.55. The minimum Gasteiger partial charge on any atom is -0.261 e. The van der Waals surface area contributed by atoms with Gasteiger partial charge >= 0.3 is 0 Å². The third-order valence-corrected chi connectivity index (χ3v) is 9.28. The fourth-order valence-electron chi connectivity index (χ4n) is 7.07. The van der Waals surface area contributed by atoms with Gasteiger partial charge in [0.2, 0.25) is 0 Å². The van der Waals surface area contributed by atoms with Gasteiger partial charge in [-0.05, 0) is 82.3 Å². The van der Waals surface area contributed by atoms with Gasteiger partial charge in [0.1, 0.15) is 0 Å². The number of aromatic nitrogens is 1. The molecule has 42 heavy (non-hydrogen) atoms. The molecule has 3 nitrogen and oxygen atoms in total. The van der Waals surface area contributed by atoms with E-state index < -0.39 is 0 Å². The molecular weight excluding hydrogens is 510 g/mol. The summed E-state index contributed by atoms with van der Waals surface area (Å²) in [6.07, 6.45) is 7.98. The standard InChI is InChI=1S/C39H35N3/c1-3-39(4-2)34-19-11-17-30(26-42-38(28-15-9-6-10-16-28)41-25-27-13-7-5-8-14-27)37(34)33-23-29-20-21-36-31(18-12-22-40-36)32(29)24-35(33)39/h5-19,22-25H,3-4,20-21,26H2,1-2H3. The van der Waals surface area contributed by atoms with Gasteiger partial charge in [0.05, 0.1) is 6.54 Å². The summed E-state index contributed by atoms with van der Waals surface area (Å²) in [6, 6.07) is 36.7. The Labute approximate surface area is 248 Å². The summed E-state index contributed by atoms with van der Waals surface area (Å²) < 4.78 is 0. The summed E-state index contributed by atoms with van der Waals surface area (Å²) in [6.45, 7) is 5.26. The molecule has 0 bridgehead atoms. The van der Waals surface area contributed by atoms with Crippen molar-refractivity contribution in [1.29, 1.82) is 0 Å². The van der Waals surface area contributed by atoms with Crippen molar-refractivity contribution in [2.75, 3.05) is 0 Å². The van der Waals surface area contributed by atoms with Crippen LogP contribution in [0.25, 0.3) is 22.3 Å². The van der Waals surface area contributed by atoms with Crippen LogP contribution in [0.2, 0.25) is 0 Å². The third-order valence-electron chi connectivity index (χ3n) is 9.28. The molecule has 5 aromatic rings. The average molecular weight is 546 g/mol. The van der Waals surface area contributed by atoms with E-state index in [9.17, 15) is 0 Å². The zero-order valence-electron chi connectivity index (χ0n) is 24.3. The minimum atomic E-state index is -0.00698. The van der Waals surface area contributed by atoms with Crippen molar-refractivity contribution in [2.24, 2.45) is 9.98 Å². The number of aryl methyl sites for hydroxylation is 2. The number of hydrogen-bond acceptors (Lipinski definition) is 2. The fraction of sp³-hybridized carbons (Fsp3) is 0.205. The fourth-order valence-corrected chi connectivity index (χ4v) is 7.07. The second-order valence-electron chi connectivity index (χ2n) is 11.4. The Kier molecular flexibility index (Phi) is 6.87. The summed E-state index contributed by atoms with van der Waals surface area (Å²) in [5.74, 6) is 0.752. The van der Waals surface area contributed by atoms with Gasteiger partial charge in [0.25, 0.3) is 0 Å². The molecule has 3 heteroatoms. The molecule has 0 saturated carbocycles. The van der Waals surface area contributed by atoms with Crippen LogP contribution >= 0.6 is 0 Å². The largest absolute Gasteiger partial charge is 0.261 e. The van der Waals surface area contributed by atoms with E-state index in [1.165, 1.54) is 50.2 Å². The highest BCUT2D eigenvalue weighted by molar-refractivity contribution is 6.05. The number of benzene rings is 4. The molecule has 0 aliphatic heterocycles. The van der Waals surface area contributed by atoms with Gasteiger partial charge in [-0.1, -0.05) is 105 Å². The highest BCUT2D eigenvalue weighted by Gasteiger charge is 2.42. The van der Waals surface area contributed by atoms with Crippen molar-refractivity contribution in [2.45, 2.75) is 51.5 Å². The lowest BCUT2D eigenvalue weighted by molar-refractivity contribution is 0.490.